The van der Waals surface area contributed by atoms with Gasteiger partial charge >= 0.3 is 11.8 Å². The van der Waals surface area contributed by atoms with Crippen molar-refractivity contribution in [1.29, 1.82) is 0 Å². The van der Waals surface area contributed by atoms with E-state index in [2.05, 4.69) is 10.6 Å². The summed E-state index contributed by atoms with van der Waals surface area (Å²) < 4.78 is 0. The van der Waals surface area contributed by atoms with Crippen molar-refractivity contribution in [3.05, 3.63) is 96.1 Å². The lowest BCUT2D eigenvalue weighted by Gasteiger charge is -2.39. The number of rotatable bonds is 14. The molecule has 4 aromatic rings. The summed E-state index contributed by atoms with van der Waals surface area (Å²) in [7, 11) is 0. The summed E-state index contributed by atoms with van der Waals surface area (Å²) >= 11 is 0. The number of amides is 2. The first-order chi connectivity index (χ1) is 21.2. The normalized spacial score (nSPS) is 13.5. The molecule has 0 bridgehead atoms. The minimum atomic E-state index is -1.26. The highest BCUT2D eigenvalue weighted by Crippen LogP contribution is 2.39. The van der Waals surface area contributed by atoms with E-state index >= 15 is 0 Å². The van der Waals surface area contributed by atoms with Gasteiger partial charge in [0.25, 0.3) is 0 Å². The molecule has 0 fully saturated rings. The average molecular weight is 597 g/mol. The Morgan fingerprint density at radius 1 is 0.545 bits per heavy atom. The summed E-state index contributed by atoms with van der Waals surface area (Å²) in [6, 6.07) is 25.8. The molecule has 0 radical (unpaired) electrons. The van der Waals surface area contributed by atoms with Crippen LogP contribution in [0.15, 0.2) is 84.9 Å². The van der Waals surface area contributed by atoms with E-state index in [4.69, 9.17) is 0 Å². The molecule has 0 aliphatic heterocycles. The van der Waals surface area contributed by atoms with Crippen molar-refractivity contribution in [3.8, 4) is 0 Å². The van der Waals surface area contributed by atoms with Gasteiger partial charge in [-0.2, -0.15) is 0 Å². The second kappa shape index (κ2) is 14.8. The molecule has 2 unspecified atom stereocenters. The second-order valence-corrected chi connectivity index (χ2v) is 12.2. The number of hydrogen-bond donors (Lipinski definition) is 4. The fourth-order valence-electron chi connectivity index (χ4n) is 6.96. The van der Waals surface area contributed by atoms with E-state index in [0.717, 1.165) is 32.7 Å². The van der Waals surface area contributed by atoms with Gasteiger partial charge in [0, 0.05) is 0 Å². The Hall–Kier alpha value is -3.74. The van der Waals surface area contributed by atoms with Gasteiger partial charge in [-0.1, -0.05) is 138 Å². The molecule has 2 atom stereocenters. The van der Waals surface area contributed by atoms with Crippen molar-refractivity contribution in [2.24, 2.45) is 0 Å². The lowest BCUT2D eigenvalue weighted by Crippen LogP contribution is -2.53. The van der Waals surface area contributed by atoms with E-state index in [1.54, 1.807) is 0 Å². The maximum absolute atomic E-state index is 13.9. The Balaban J connectivity index is 1.75. The quantitative estimate of drug-likeness (QED) is 0.112. The number of aliphatic hydroxyl groups is 2. The Kier molecular flexibility index (Phi) is 11.2. The lowest BCUT2D eigenvalue weighted by molar-refractivity contribution is -0.143. The van der Waals surface area contributed by atoms with E-state index < -0.39 is 35.1 Å². The van der Waals surface area contributed by atoms with Crippen LogP contribution in [0.4, 0.5) is 0 Å². The maximum atomic E-state index is 13.9. The van der Waals surface area contributed by atoms with Crippen LogP contribution in [0.3, 0.4) is 0 Å². The van der Waals surface area contributed by atoms with Gasteiger partial charge in [0.1, 0.15) is 0 Å². The summed E-state index contributed by atoms with van der Waals surface area (Å²) in [5.74, 6) is -1.68. The summed E-state index contributed by atoms with van der Waals surface area (Å²) in [6.45, 7) is 8.03. The molecule has 0 aliphatic rings. The van der Waals surface area contributed by atoms with Crippen molar-refractivity contribution in [3.63, 3.8) is 0 Å². The monoisotopic (exact) mass is 596 g/mol. The third kappa shape index (κ3) is 7.14. The smallest absolute Gasteiger partial charge is 0.309 e. The minimum absolute atomic E-state index is 0.460. The van der Waals surface area contributed by atoms with Crippen LogP contribution in [0.5, 0.6) is 0 Å². The number of nitrogens with one attached hydrogen (secondary N) is 2. The van der Waals surface area contributed by atoms with Gasteiger partial charge in [0.2, 0.25) is 0 Å². The van der Waals surface area contributed by atoms with Crippen molar-refractivity contribution in [2.45, 2.75) is 102 Å². The van der Waals surface area contributed by atoms with Gasteiger partial charge in [-0.25, -0.2) is 0 Å². The van der Waals surface area contributed by atoms with Gasteiger partial charge in [0.05, 0.1) is 23.3 Å². The zero-order chi connectivity index (χ0) is 31.7. The fraction of sp³-hybridized carbons (Fsp3) is 0.421. The number of carbonyl (C=O) groups excluding carboxylic acids is 2. The third-order valence-electron chi connectivity index (χ3n) is 8.83. The summed E-state index contributed by atoms with van der Waals surface area (Å²) in [5, 5.41) is 33.9. The molecule has 234 valence electrons. The predicted octanol–water partition coefficient (Wildman–Crippen LogP) is 7.67. The molecular formula is C38H48N2O4. The number of carbonyl (C=O) groups is 2. The minimum Gasteiger partial charge on any atom is -0.387 e. The van der Waals surface area contributed by atoms with Crippen LogP contribution >= 0.6 is 0 Å². The largest absolute Gasteiger partial charge is 0.387 e. The third-order valence-corrected chi connectivity index (χ3v) is 8.83. The predicted molar refractivity (Wildman–Crippen MR) is 179 cm³/mol. The molecule has 4 rings (SSSR count). The van der Waals surface area contributed by atoms with Crippen LogP contribution in [-0.2, 0) is 9.59 Å². The highest BCUT2D eigenvalue weighted by atomic mass is 16.3. The first-order valence-electron chi connectivity index (χ1n) is 16.2. The Labute approximate surface area is 261 Å². The molecule has 0 heterocycles. The van der Waals surface area contributed by atoms with Crippen LogP contribution in [0.25, 0.3) is 21.5 Å². The molecular weight excluding hydrogens is 548 g/mol. The fourth-order valence-corrected chi connectivity index (χ4v) is 6.96. The van der Waals surface area contributed by atoms with Crippen molar-refractivity contribution in [2.75, 3.05) is 0 Å². The van der Waals surface area contributed by atoms with Crippen LogP contribution in [0.1, 0.15) is 102 Å². The molecule has 0 saturated carbocycles. The van der Waals surface area contributed by atoms with E-state index in [-0.39, 0.29) is 0 Å². The van der Waals surface area contributed by atoms with Gasteiger partial charge in [0.15, 0.2) is 0 Å². The molecule has 44 heavy (non-hydrogen) atoms. The number of fused-ring (bicyclic) bond motifs is 2. The van der Waals surface area contributed by atoms with E-state index in [0.29, 0.717) is 51.4 Å². The molecule has 4 N–H and O–H groups in total. The SMILES string of the molecule is CCCC(O)(CCC)C(NC(=O)C(=O)NC(c1cccc2ccccc12)C(O)(CCC)CCC)c1cccc2ccccc12. The molecule has 2 amide bonds. The highest BCUT2D eigenvalue weighted by molar-refractivity contribution is 6.35. The van der Waals surface area contributed by atoms with E-state index in [1.165, 1.54) is 0 Å². The van der Waals surface area contributed by atoms with Crippen LogP contribution in [0, 0.1) is 0 Å². The summed E-state index contributed by atoms with van der Waals surface area (Å²) in [6.07, 6.45) is 4.69. The second-order valence-electron chi connectivity index (χ2n) is 12.2. The average Bonchev–Trinajstić information content (AvgIpc) is 3.02. The Bertz CT molecular complexity index is 1430. The molecule has 4 aromatic carbocycles. The summed E-state index contributed by atoms with van der Waals surface area (Å²) in [5.41, 5.74) is -0.978. The Morgan fingerprint density at radius 2 is 0.864 bits per heavy atom. The van der Waals surface area contributed by atoms with Crippen molar-refractivity contribution in [1.82, 2.24) is 10.6 Å². The summed E-state index contributed by atoms with van der Waals surface area (Å²) in [4.78, 5) is 27.8. The molecule has 0 spiro atoms. The van der Waals surface area contributed by atoms with Crippen LogP contribution < -0.4 is 10.6 Å². The maximum Gasteiger partial charge on any atom is 0.309 e. The van der Waals surface area contributed by atoms with Gasteiger partial charge in [-0.05, 0) is 58.4 Å². The molecule has 0 saturated heterocycles. The zero-order valence-corrected chi connectivity index (χ0v) is 26.6. The standard InChI is InChI=1S/C38H48N2O4/c1-5-23-37(43,24-6-2)33(31-21-13-17-27-15-9-11-19-29(27)31)39-35(41)36(42)40-34(38(44,25-7-3)26-8-4)32-22-14-18-28-16-10-12-20-30(28)32/h9-22,33-34,43-44H,5-8,23-26H2,1-4H3,(H,39,41)(H,40,42). The zero-order valence-electron chi connectivity index (χ0n) is 26.6. The number of hydrogen-bond acceptors (Lipinski definition) is 4. The van der Waals surface area contributed by atoms with Crippen molar-refractivity contribution < 1.29 is 19.8 Å². The highest BCUT2D eigenvalue weighted by Gasteiger charge is 2.42. The molecule has 6 heteroatoms. The molecule has 0 aromatic heterocycles. The van der Waals surface area contributed by atoms with Crippen molar-refractivity contribution >= 4 is 33.4 Å². The van der Waals surface area contributed by atoms with Gasteiger partial charge in [-0.3, -0.25) is 9.59 Å². The van der Waals surface area contributed by atoms with Crippen LogP contribution in [0.2, 0.25) is 0 Å². The number of benzene rings is 4. The first-order valence-corrected chi connectivity index (χ1v) is 16.2. The Morgan fingerprint density at radius 3 is 1.20 bits per heavy atom. The molecule has 0 aliphatic carbocycles. The topological polar surface area (TPSA) is 98.7 Å². The van der Waals surface area contributed by atoms with E-state index in [9.17, 15) is 19.8 Å². The van der Waals surface area contributed by atoms with Gasteiger partial charge < -0.3 is 20.8 Å². The van der Waals surface area contributed by atoms with Crippen LogP contribution in [-0.4, -0.2) is 33.2 Å². The molecule has 6 nitrogen and oxygen atoms in total. The van der Waals surface area contributed by atoms with E-state index in [1.807, 2.05) is 113 Å². The lowest BCUT2D eigenvalue weighted by atomic mass is 9.79. The van der Waals surface area contributed by atoms with Gasteiger partial charge in [-0.15, -0.1) is 0 Å². The first kappa shape index (κ1) is 33.2.